The number of halogens is 4. The van der Waals surface area contributed by atoms with Gasteiger partial charge in [-0.2, -0.15) is 13.2 Å². The molecule has 0 aliphatic heterocycles. The van der Waals surface area contributed by atoms with Crippen molar-refractivity contribution in [2.75, 3.05) is 0 Å². The van der Waals surface area contributed by atoms with E-state index in [1.165, 1.54) is 13.0 Å². The normalized spacial score (nSPS) is 14.8. The van der Waals surface area contributed by atoms with Gasteiger partial charge in [-0.05, 0) is 41.4 Å². The Morgan fingerprint density at radius 1 is 1.50 bits per heavy atom. The van der Waals surface area contributed by atoms with E-state index >= 15 is 0 Å². The molecule has 0 aromatic carbocycles. The van der Waals surface area contributed by atoms with E-state index in [4.69, 9.17) is 0 Å². The molecule has 0 radical (unpaired) electrons. The largest absolute Gasteiger partial charge is 0.390 e. The molecule has 0 aliphatic rings. The van der Waals surface area contributed by atoms with Crippen LogP contribution in [-0.4, -0.2) is 20.6 Å². The first kappa shape index (κ1) is 15.9. The zero-order chi connectivity index (χ0) is 14.1. The Morgan fingerprint density at radius 2 is 2.06 bits per heavy atom. The molecule has 1 unspecified atom stereocenters. The highest BCUT2D eigenvalue weighted by atomic mass is 79.9. The van der Waals surface area contributed by atoms with Gasteiger partial charge in [0, 0.05) is 6.04 Å². The molecule has 0 fully saturated rings. The summed E-state index contributed by atoms with van der Waals surface area (Å²) in [5.41, 5.74) is 0.726. The number of thiophene rings is 1. The van der Waals surface area contributed by atoms with Crippen LogP contribution in [0.15, 0.2) is 14.1 Å². The van der Waals surface area contributed by atoms with Gasteiger partial charge in [0.05, 0.1) is 10.2 Å². The molecule has 1 aromatic heterocycles. The molecule has 3 nitrogen and oxygen atoms in total. The van der Waals surface area contributed by atoms with Crippen LogP contribution in [0, 0.1) is 6.92 Å². The van der Waals surface area contributed by atoms with Crippen molar-refractivity contribution >= 4 is 37.3 Å². The second-order valence-corrected chi connectivity index (χ2v) is 8.17. The fraction of sp³-hybridized carbons (Fsp3) is 0.556. The second kappa shape index (κ2) is 5.48. The summed E-state index contributed by atoms with van der Waals surface area (Å²) in [7, 11) is -3.90. The molecule has 1 atom stereocenters. The Morgan fingerprint density at radius 3 is 2.44 bits per heavy atom. The van der Waals surface area contributed by atoms with Crippen molar-refractivity contribution in [2.45, 2.75) is 36.7 Å². The molecule has 0 spiro atoms. The summed E-state index contributed by atoms with van der Waals surface area (Å²) in [5.74, 6) is 0. The van der Waals surface area contributed by atoms with Crippen LogP contribution >= 0.6 is 27.3 Å². The number of sulfonamides is 1. The molecule has 1 rings (SSSR count). The van der Waals surface area contributed by atoms with Gasteiger partial charge in [0.15, 0.2) is 0 Å². The molecular formula is C9H11BrF3NO2S2. The van der Waals surface area contributed by atoms with Gasteiger partial charge >= 0.3 is 6.18 Å². The van der Waals surface area contributed by atoms with Crippen LogP contribution < -0.4 is 4.72 Å². The third kappa shape index (κ3) is 4.52. The summed E-state index contributed by atoms with van der Waals surface area (Å²) in [6, 6.07) is 0.216. The lowest BCUT2D eigenvalue weighted by atomic mass is 10.2. The first-order valence-electron chi connectivity index (χ1n) is 4.86. The van der Waals surface area contributed by atoms with E-state index in [0.29, 0.717) is 3.79 Å². The van der Waals surface area contributed by atoms with Gasteiger partial charge in [-0.1, -0.05) is 0 Å². The molecule has 1 aromatic rings. The van der Waals surface area contributed by atoms with E-state index in [1.54, 1.807) is 6.92 Å². The predicted octanol–water partition coefficient (Wildman–Crippen LogP) is 3.44. The van der Waals surface area contributed by atoms with E-state index in [2.05, 4.69) is 15.9 Å². The quantitative estimate of drug-likeness (QED) is 0.888. The average Bonchev–Trinajstić information content (AvgIpc) is 2.42. The van der Waals surface area contributed by atoms with Crippen molar-refractivity contribution in [3.63, 3.8) is 0 Å². The lowest BCUT2D eigenvalue weighted by Gasteiger charge is -2.15. The number of hydrogen-bond donors (Lipinski definition) is 1. The summed E-state index contributed by atoms with van der Waals surface area (Å²) >= 11 is 4.14. The van der Waals surface area contributed by atoms with Crippen LogP contribution in [0.25, 0.3) is 0 Å². The van der Waals surface area contributed by atoms with Crippen molar-refractivity contribution in [2.24, 2.45) is 0 Å². The zero-order valence-electron chi connectivity index (χ0n) is 9.51. The molecule has 0 saturated heterocycles. The summed E-state index contributed by atoms with van der Waals surface area (Å²) in [6.45, 7) is 2.89. The number of alkyl halides is 3. The van der Waals surface area contributed by atoms with E-state index < -0.39 is 28.7 Å². The monoisotopic (exact) mass is 365 g/mol. The van der Waals surface area contributed by atoms with E-state index in [0.717, 1.165) is 16.9 Å². The van der Waals surface area contributed by atoms with Crippen LogP contribution in [0.2, 0.25) is 0 Å². The molecule has 0 bridgehead atoms. The lowest BCUT2D eigenvalue weighted by Crippen LogP contribution is -2.35. The summed E-state index contributed by atoms with van der Waals surface area (Å²) in [6.07, 6.45) is -5.59. The molecule has 9 heteroatoms. The van der Waals surface area contributed by atoms with Gasteiger partial charge in [0.2, 0.25) is 10.0 Å². The fourth-order valence-corrected chi connectivity index (χ4v) is 4.76. The maximum absolute atomic E-state index is 12.1. The van der Waals surface area contributed by atoms with Gasteiger partial charge in [-0.25, -0.2) is 13.1 Å². The highest BCUT2D eigenvalue weighted by Crippen LogP contribution is 2.31. The first-order valence-corrected chi connectivity index (χ1v) is 7.95. The third-order valence-electron chi connectivity index (χ3n) is 1.99. The van der Waals surface area contributed by atoms with Crippen LogP contribution in [0.4, 0.5) is 13.2 Å². The van der Waals surface area contributed by atoms with Crippen LogP contribution in [0.5, 0.6) is 0 Å². The number of hydrogen-bond acceptors (Lipinski definition) is 3. The average molecular weight is 366 g/mol. The van der Waals surface area contributed by atoms with E-state index in [-0.39, 0.29) is 4.21 Å². The van der Waals surface area contributed by atoms with Crippen LogP contribution in [-0.2, 0) is 10.0 Å². The van der Waals surface area contributed by atoms with Gasteiger partial charge in [0.25, 0.3) is 0 Å². The molecular weight excluding hydrogens is 355 g/mol. The van der Waals surface area contributed by atoms with Gasteiger partial charge in [-0.15, -0.1) is 11.3 Å². The summed E-state index contributed by atoms with van der Waals surface area (Å²) < 4.78 is 62.6. The standard InChI is InChI=1S/C9H11BrF3NO2S2/c1-5-3-7(17-8(5)10)18(15,16)14-6(2)4-9(11,12)13/h3,6,14H,4H2,1-2H3. The summed E-state index contributed by atoms with van der Waals surface area (Å²) in [5, 5.41) is 0. The molecule has 0 saturated carbocycles. The lowest BCUT2D eigenvalue weighted by molar-refractivity contribution is -0.137. The Labute approximate surface area is 116 Å². The molecule has 1 heterocycles. The highest BCUT2D eigenvalue weighted by molar-refractivity contribution is 9.11. The van der Waals surface area contributed by atoms with Gasteiger partial charge in [-0.3, -0.25) is 0 Å². The van der Waals surface area contributed by atoms with Crippen molar-refractivity contribution < 1.29 is 21.6 Å². The third-order valence-corrected chi connectivity index (χ3v) is 6.19. The maximum Gasteiger partial charge on any atom is 0.390 e. The SMILES string of the molecule is Cc1cc(S(=O)(=O)NC(C)CC(F)(F)F)sc1Br. The molecule has 0 aliphatic carbocycles. The molecule has 1 N–H and O–H groups in total. The number of aryl methyl sites for hydroxylation is 1. The van der Waals surface area contributed by atoms with Crippen molar-refractivity contribution in [3.05, 3.63) is 15.4 Å². The van der Waals surface area contributed by atoms with Crippen LogP contribution in [0.1, 0.15) is 18.9 Å². The Hall–Kier alpha value is -0.120. The van der Waals surface area contributed by atoms with Gasteiger partial charge in [0.1, 0.15) is 4.21 Å². The zero-order valence-corrected chi connectivity index (χ0v) is 12.7. The molecule has 104 valence electrons. The van der Waals surface area contributed by atoms with Crippen molar-refractivity contribution in [3.8, 4) is 0 Å². The summed E-state index contributed by atoms with van der Waals surface area (Å²) in [4.78, 5) is 0. The second-order valence-electron chi connectivity index (χ2n) is 3.86. The Balaban J connectivity index is 2.83. The number of rotatable bonds is 4. The maximum atomic E-state index is 12.1. The molecule has 0 amide bonds. The van der Waals surface area contributed by atoms with Crippen LogP contribution in [0.3, 0.4) is 0 Å². The fourth-order valence-electron chi connectivity index (χ4n) is 1.28. The molecule has 18 heavy (non-hydrogen) atoms. The Bertz CT molecular complexity index is 505. The van der Waals surface area contributed by atoms with E-state index in [9.17, 15) is 21.6 Å². The van der Waals surface area contributed by atoms with Crippen molar-refractivity contribution in [1.82, 2.24) is 4.72 Å². The Kier molecular flexibility index (Phi) is 4.85. The first-order chi connectivity index (χ1) is 8.01. The topological polar surface area (TPSA) is 46.2 Å². The van der Waals surface area contributed by atoms with Gasteiger partial charge < -0.3 is 0 Å². The minimum absolute atomic E-state index is 0.000833. The van der Waals surface area contributed by atoms with Crippen molar-refractivity contribution in [1.29, 1.82) is 0 Å². The predicted molar refractivity (Wildman–Crippen MR) is 67.2 cm³/mol. The highest BCUT2D eigenvalue weighted by Gasteiger charge is 2.32. The number of nitrogens with one attached hydrogen (secondary N) is 1. The smallest absolute Gasteiger partial charge is 0.207 e. The minimum Gasteiger partial charge on any atom is -0.207 e. The minimum atomic E-state index is -4.39. The van der Waals surface area contributed by atoms with E-state index in [1.807, 2.05) is 4.72 Å².